The Balaban J connectivity index is 2.11. The molecule has 2 aromatic rings. The number of hydrogen-bond acceptors (Lipinski definition) is 6. The first-order chi connectivity index (χ1) is 15.9. The van der Waals surface area contributed by atoms with Gasteiger partial charge in [0.25, 0.3) is 11.7 Å². The van der Waals surface area contributed by atoms with Crippen LogP contribution in [0.3, 0.4) is 0 Å². The van der Waals surface area contributed by atoms with Crippen molar-refractivity contribution in [2.75, 3.05) is 39.9 Å². The number of hydrogen-bond donors (Lipinski definition) is 1. The van der Waals surface area contributed by atoms with Crippen LogP contribution in [0.5, 0.6) is 11.5 Å². The maximum atomic E-state index is 13.2. The Hall–Kier alpha value is -3.32. The Bertz CT molecular complexity index is 1030. The van der Waals surface area contributed by atoms with Crippen molar-refractivity contribution in [2.45, 2.75) is 26.8 Å². The third kappa shape index (κ3) is 5.20. The van der Waals surface area contributed by atoms with Crippen molar-refractivity contribution in [3.63, 3.8) is 0 Å². The van der Waals surface area contributed by atoms with E-state index in [1.165, 1.54) is 0 Å². The van der Waals surface area contributed by atoms with Gasteiger partial charge in [0.15, 0.2) is 0 Å². The molecule has 0 radical (unpaired) electrons. The highest BCUT2D eigenvalue weighted by molar-refractivity contribution is 6.46. The van der Waals surface area contributed by atoms with Gasteiger partial charge in [-0.3, -0.25) is 9.59 Å². The van der Waals surface area contributed by atoms with Gasteiger partial charge in [0.05, 0.1) is 25.3 Å². The molecule has 1 fully saturated rings. The number of rotatable bonds is 10. The fourth-order valence-corrected chi connectivity index (χ4v) is 4.11. The van der Waals surface area contributed by atoms with Crippen LogP contribution in [-0.2, 0) is 9.59 Å². The summed E-state index contributed by atoms with van der Waals surface area (Å²) >= 11 is 0. The monoisotopic (exact) mass is 452 g/mol. The number of nitrogens with zero attached hydrogens (tertiary/aromatic N) is 2. The van der Waals surface area contributed by atoms with Gasteiger partial charge in [-0.15, -0.1) is 0 Å². The summed E-state index contributed by atoms with van der Waals surface area (Å²) in [5.74, 6) is -0.331. The number of Topliss-reactive ketones (excluding diaryl/α,β-unsaturated/α-hetero) is 1. The molecule has 1 saturated heterocycles. The summed E-state index contributed by atoms with van der Waals surface area (Å²) in [5.41, 5.74) is 1.20. The molecule has 0 bridgehead atoms. The third-order valence-electron chi connectivity index (χ3n) is 5.92. The van der Waals surface area contributed by atoms with Crippen molar-refractivity contribution in [3.05, 3.63) is 65.2 Å². The van der Waals surface area contributed by atoms with Crippen LogP contribution in [0.15, 0.2) is 54.1 Å². The molecule has 1 aliphatic heterocycles. The number of ether oxygens (including phenoxy) is 2. The Morgan fingerprint density at radius 2 is 1.73 bits per heavy atom. The number of aliphatic hydroxyl groups excluding tert-OH is 1. The summed E-state index contributed by atoms with van der Waals surface area (Å²) in [6.07, 6.45) is 0. The lowest BCUT2D eigenvalue weighted by Gasteiger charge is -2.28. The number of carbonyl (C=O) groups excluding carboxylic acids is 2. The lowest BCUT2D eigenvalue weighted by Crippen LogP contribution is -2.38. The zero-order valence-corrected chi connectivity index (χ0v) is 19.7. The minimum absolute atomic E-state index is 0.0708. The summed E-state index contributed by atoms with van der Waals surface area (Å²) in [7, 11) is 1.57. The maximum absolute atomic E-state index is 13.2. The van der Waals surface area contributed by atoms with E-state index in [0.717, 1.165) is 13.1 Å². The Kier molecular flexibility index (Phi) is 8.11. The van der Waals surface area contributed by atoms with Gasteiger partial charge in [0.1, 0.15) is 17.3 Å². The zero-order valence-electron chi connectivity index (χ0n) is 19.7. The molecule has 0 saturated carbocycles. The Labute approximate surface area is 195 Å². The van der Waals surface area contributed by atoms with E-state index in [4.69, 9.17) is 9.47 Å². The first-order valence-corrected chi connectivity index (χ1v) is 11.3. The van der Waals surface area contributed by atoms with E-state index in [0.29, 0.717) is 42.3 Å². The minimum atomic E-state index is -0.716. The van der Waals surface area contributed by atoms with Gasteiger partial charge in [-0.2, -0.15) is 0 Å². The van der Waals surface area contributed by atoms with Gasteiger partial charge in [-0.25, -0.2) is 0 Å². The van der Waals surface area contributed by atoms with E-state index >= 15 is 0 Å². The number of carbonyl (C=O) groups is 2. The van der Waals surface area contributed by atoms with Crippen LogP contribution in [0.2, 0.25) is 0 Å². The van der Waals surface area contributed by atoms with Crippen LogP contribution in [0.4, 0.5) is 0 Å². The maximum Gasteiger partial charge on any atom is 0.295 e. The van der Waals surface area contributed by atoms with Crippen molar-refractivity contribution in [1.82, 2.24) is 9.80 Å². The first kappa shape index (κ1) is 24.3. The summed E-state index contributed by atoms with van der Waals surface area (Å²) in [6, 6.07) is 13.4. The van der Waals surface area contributed by atoms with Crippen LogP contribution in [0.25, 0.3) is 5.76 Å². The van der Waals surface area contributed by atoms with Gasteiger partial charge in [0, 0.05) is 18.7 Å². The van der Waals surface area contributed by atoms with Crippen LogP contribution in [0.1, 0.15) is 37.9 Å². The van der Waals surface area contributed by atoms with E-state index < -0.39 is 17.7 Å². The lowest BCUT2D eigenvalue weighted by atomic mass is 9.95. The molecule has 0 aromatic heterocycles. The van der Waals surface area contributed by atoms with Crippen molar-refractivity contribution in [3.8, 4) is 11.5 Å². The molecule has 33 heavy (non-hydrogen) atoms. The smallest absolute Gasteiger partial charge is 0.295 e. The van der Waals surface area contributed by atoms with Crippen molar-refractivity contribution in [1.29, 1.82) is 0 Å². The molecule has 1 atom stereocenters. The van der Waals surface area contributed by atoms with Crippen LogP contribution in [-0.4, -0.2) is 66.5 Å². The Morgan fingerprint density at radius 1 is 1.03 bits per heavy atom. The molecule has 1 amide bonds. The third-order valence-corrected chi connectivity index (χ3v) is 5.92. The average molecular weight is 453 g/mol. The predicted molar refractivity (Wildman–Crippen MR) is 127 cm³/mol. The molecule has 176 valence electrons. The van der Waals surface area contributed by atoms with E-state index in [-0.39, 0.29) is 11.3 Å². The van der Waals surface area contributed by atoms with Crippen LogP contribution >= 0.6 is 0 Å². The summed E-state index contributed by atoms with van der Waals surface area (Å²) < 4.78 is 10.9. The normalized spacial score (nSPS) is 17.6. The zero-order chi connectivity index (χ0) is 24.0. The second-order valence-corrected chi connectivity index (χ2v) is 7.76. The fraction of sp³-hybridized carbons (Fsp3) is 0.385. The topological polar surface area (TPSA) is 79.3 Å². The number of ketones is 1. The molecule has 0 aliphatic carbocycles. The van der Waals surface area contributed by atoms with E-state index in [1.807, 2.05) is 19.1 Å². The second kappa shape index (κ2) is 11.0. The SMILES string of the molecule is CCOc1cccc(/C(O)=C2\C(=O)C(=O)N(CCN(CC)CC)C2c2cccc(OC)c2)c1. The van der Waals surface area contributed by atoms with Gasteiger partial charge in [0.2, 0.25) is 0 Å². The molecule has 1 unspecified atom stereocenters. The molecule has 7 nitrogen and oxygen atoms in total. The molecular formula is C26H32N2O5. The van der Waals surface area contributed by atoms with Gasteiger partial charge < -0.3 is 24.4 Å². The molecule has 0 spiro atoms. The van der Waals surface area contributed by atoms with Crippen molar-refractivity contribution >= 4 is 17.4 Å². The van der Waals surface area contributed by atoms with Crippen molar-refractivity contribution in [2.24, 2.45) is 0 Å². The number of likely N-dealkylation sites (N-methyl/N-ethyl adjacent to an activating group) is 1. The quantitative estimate of drug-likeness (QED) is 0.335. The average Bonchev–Trinajstić information content (AvgIpc) is 3.09. The number of methoxy groups -OCH3 is 1. The van der Waals surface area contributed by atoms with Crippen LogP contribution in [0, 0.1) is 0 Å². The number of benzene rings is 2. The van der Waals surface area contributed by atoms with Gasteiger partial charge in [-0.1, -0.05) is 38.1 Å². The minimum Gasteiger partial charge on any atom is -0.507 e. The lowest BCUT2D eigenvalue weighted by molar-refractivity contribution is -0.140. The van der Waals surface area contributed by atoms with Gasteiger partial charge in [-0.05, 0) is 49.8 Å². The number of aliphatic hydroxyl groups is 1. The highest BCUT2D eigenvalue weighted by Crippen LogP contribution is 2.40. The molecule has 1 heterocycles. The van der Waals surface area contributed by atoms with Crippen molar-refractivity contribution < 1.29 is 24.2 Å². The highest BCUT2D eigenvalue weighted by atomic mass is 16.5. The standard InChI is InChI=1S/C26H32N2O5/c1-5-27(6-2)14-15-28-23(18-10-8-12-20(16-18)32-4)22(25(30)26(28)31)24(29)19-11-9-13-21(17-19)33-7-3/h8-13,16-17,23,29H,5-7,14-15H2,1-4H3/b24-22+. The predicted octanol–water partition coefficient (Wildman–Crippen LogP) is 3.86. The molecule has 1 N–H and O–H groups in total. The number of amides is 1. The van der Waals surface area contributed by atoms with E-state index in [2.05, 4.69) is 18.7 Å². The molecular weight excluding hydrogens is 420 g/mol. The Morgan fingerprint density at radius 3 is 2.39 bits per heavy atom. The highest BCUT2D eigenvalue weighted by Gasteiger charge is 2.46. The second-order valence-electron chi connectivity index (χ2n) is 7.76. The fourth-order valence-electron chi connectivity index (χ4n) is 4.11. The molecule has 2 aromatic carbocycles. The molecule has 3 rings (SSSR count). The van der Waals surface area contributed by atoms with E-state index in [9.17, 15) is 14.7 Å². The summed E-state index contributed by atoms with van der Waals surface area (Å²) in [6.45, 7) is 9.14. The van der Waals surface area contributed by atoms with Crippen LogP contribution < -0.4 is 9.47 Å². The largest absolute Gasteiger partial charge is 0.507 e. The molecule has 1 aliphatic rings. The van der Waals surface area contributed by atoms with Gasteiger partial charge >= 0.3 is 0 Å². The van der Waals surface area contributed by atoms with E-state index in [1.54, 1.807) is 48.4 Å². The number of likely N-dealkylation sites (tertiary alicyclic amines) is 1. The molecule has 7 heteroatoms. The summed E-state index contributed by atoms with van der Waals surface area (Å²) in [5, 5.41) is 11.2. The summed E-state index contributed by atoms with van der Waals surface area (Å²) in [4.78, 5) is 30.0. The first-order valence-electron chi connectivity index (χ1n) is 11.3.